The Balaban J connectivity index is 3.11. The highest BCUT2D eigenvalue weighted by atomic mass is 16.4. The van der Waals surface area contributed by atoms with Gasteiger partial charge in [-0.3, -0.25) is 0 Å². The van der Waals surface area contributed by atoms with E-state index in [2.05, 4.69) is 32.7 Å². The van der Waals surface area contributed by atoms with Gasteiger partial charge in [-0.1, -0.05) is 27.7 Å². The minimum absolute atomic E-state index is 0.0439. The second-order valence-electron chi connectivity index (χ2n) is 4.19. The molecular weight excluding hydrogens is 164 g/mol. The minimum Gasteiger partial charge on any atom is -0.444 e. The number of oxazole rings is 1. The third-order valence-corrected chi connectivity index (χ3v) is 1.95. The molecule has 0 aliphatic carbocycles. The van der Waals surface area contributed by atoms with Gasteiger partial charge < -0.3 is 10.2 Å². The third kappa shape index (κ3) is 2.10. The van der Waals surface area contributed by atoms with Crippen LogP contribution in [-0.2, 0) is 18.4 Å². The monoisotopic (exact) mass is 182 g/mol. The lowest BCUT2D eigenvalue weighted by atomic mass is 9.90. The van der Waals surface area contributed by atoms with Gasteiger partial charge in [0.05, 0.1) is 12.2 Å². The fourth-order valence-electron chi connectivity index (χ4n) is 1.31. The summed E-state index contributed by atoms with van der Waals surface area (Å²) in [6.45, 7) is 8.83. The lowest BCUT2D eigenvalue weighted by molar-refractivity contribution is 0.453. The van der Waals surface area contributed by atoms with Crippen LogP contribution in [-0.4, -0.2) is 4.98 Å². The first-order valence-corrected chi connectivity index (χ1v) is 4.68. The SMILES string of the molecule is CCc1oc(CN)nc1C(C)(C)C. The van der Waals surface area contributed by atoms with Crippen LogP contribution in [0.1, 0.15) is 45.0 Å². The summed E-state index contributed by atoms with van der Waals surface area (Å²) in [5.74, 6) is 1.61. The van der Waals surface area contributed by atoms with E-state index in [9.17, 15) is 0 Å². The molecule has 0 saturated carbocycles. The predicted octanol–water partition coefficient (Wildman–Crippen LogP) is 1.99. The topological polar surface area (TPSA) is 52.0 Å². The zero-order valence-corrected chi connectivity index (χ0v) is 8.85. The van der Waals surface area contributed by atoms with E-state index in [1.165, 1.54) is 0 Å². The molecule has 1 rings (SSSR count). The summed E-state index contributed by atoms with van der Waals surface area (Å²) in [6.07, 6.45) is 0.875. The molecule has 1 heterocycles. The Morgan fingerprint density at radius 1 is 1.38 bits per heavy atom. The van der Waals surface area contributed by atoms with E-state index in [1.54, 1.807) is 0 Å². The van der Waals surface area contributed by atoms with Crippen LogP contribution in [0.3, 0.4) is 0 Å². The molecule has 0 bridgehead atoms. The Bertz CT molecular complexity index is 284. The molecule has 74 valence electrons. The molecule has 1 aromatic heterocycles. The number of rotatable bonds is 2. The molecule has 1 aromatic rings. The molecule has 0 aliphatic rings. The maximum atomic E-state index is 5.50. The lowest BCUT2D eigenvalue weighted by Crippen LogP contribution is -2.14. The van der Waals surface area contributed by atoms with Gasteiger partial charge in [0.2, 0.25) is 5.89 Å². The highest BCUT2D eigenvalue weighted by Gasteiger charge is 2.23. The first kappa shape index (κ1) is 10.3. The summed E-state index contributed by atoms with van der Waals surface area (Å²) in [5.41, 5.74) is 6.56. The zero-order chi connectivity index (χ0) is 10.1. The van der Waals surface area contributed by atoms with Crippen molar-refractivity contribution in [3.05, 3.63) is 17.3 Å². The van der Waals surface area contributed by atoms with Crippen molar-refractivity contribution in [2.75, 3.05) is 0 Å². The Hall–Kier alpha value is -0.830. The summed E-state index contributed by atoms with van der Waals surface area (Å²) >= 11 is 0. The van der Waals surface area contributed by atoms with E-state index < -0.39 is 0 Å². The summed E-state index contributed by atoms with van der Waals surface area (Å²) in [6, 6.07) is 0. The summed E-state index contributed by atoms with van der Waals surface area (Å²) in [4.78, 5) is 4.38. The summed E-state index contributed by atoms with van der Waals surface area (Å²) in [7, 11) is 0. The first-order chi connectivity index (χ1) is 5.99. The van der Waals surface area contributed by atoms with Crippen LogP contribution in [0, 0.1) is 0 Å². The number of nitrogens with two attached hydrogens (primary N) is 1. The van der Waals surface area contributed by atoms with Crippen molar-refractivity contribution in [1.82, 2.24) is 4.98 Å². The molecule has 13 heavy (non-hydrogen) atoms. The van der Waals surface area contributed by atoms with Crippen molar-refractivity contribution in [2.24, 2.45) is 5.73 Å². The minimum atomic E-state index is 0.0439. The highest BCUT2D eigenvalue weighted by Crippen LogP contribution is 2.26. The van der Waals surface area contributed by atoms with Crippen molar-refractivity contribution in [2.45, 2.75) is 46.1 Å². The second-order valence-corrected chi connectivity index (χ2v) is 4.19. The van der Waals surface area contributed by atoms with Gasteiger partial charge in [0.25, 0.3) is 0 Å². The fraction of sp³-hybridized carbons (Fsp3) is 0.700. The molecule has 0 aromatic carbocycles. The highest BCUT2D eigenvalue weighted by molar-refractivity contribution is 5.18. The standard InChI is InChI=1S/C10H18N2O/c1-5-7-9(10(2,3)4)12-8(6-11)13-7/h5-6,11H2,1-4H3. The molecule has 0 fully saturated rings. The van der Waals surface area contributed by atoms with Gasteiger partial charge >= 0.3 is 0 Å². The van der Waals surface area contributed by atoms with Crippen molar-refractivity contribution < 1.29 is 4.42 Å². The van der Waals surface area contributed by atoms with Gasteiger partial charge in [0, 0.05) is 11.8 Å². The number of aromatic nitrogens is 1. The van der Waals surface area contributed by atoms with E-state index in [0.29, 0.717) is 12.4 Å². The Kier molecular flexibility index (Phi) is 2.76. The molecule has 0 amide bonds. The molecule has 0 atom stereocenters. The van der Waals surface area contributed by atoms with Crippen molar-refractivity contribution >= 4 is 0 Å². The number of hydrogen-bond acceptors (Lipinski definition) is 3. The quantitative estimate of drug-likeness (QED) is 0.761. The zero-order valence-electron chi connectivity index (χ0n) is 8.85. The molecule has 0 aliphatic heterocycles. The van der Waals surface area contributed by atoms with Gasteiger partial charge in [-0.25, -0.2) is 4.98 Å². The van der Waals surface area contributed by atoms with Crippen LogP contribution in [0.4, 0.5) is 0 Å². The Morgan fingerprint density at radius 2 is 2.00 bits per heavy atom. The largest absolute Gasteiger partial charge is 0.444 e. The first-order valence-electron chi connectivity index (χ1n) is 4.68. The molecule has 0 unspecified atom stereocenters. The van der Waals surface area contributed by atoms with E-state index in [1.807, 2.05) is 0 Å². The maximum Gasteiger partial charge on any atom is 0.208 e. The van der Waals surface area contributed by atoms with Gasteiger partial charge in [-0.2, -0.15) is 0 Å². The average Bonchev–Trinajstić information content (AvgIpc) is 2.46. The van der Waals surface area contributed by atoms with Gasteiger partial charge in [-0.05, 0) is 0 Å². The summed E-state index contributed by atoms with van der Waals surface area (Å²) < 4.78 is 5.50. The normalized spacial score (nSPS) is 12.1. The van der Waals surface area contributed by atoms with Crippen molar-refractivity contribution in [3.63, 3.8) is 0 Å². The molecule has 0 spiro atoms. The van der Waals surface area contributed by atoms with Crippen LogP contribution in [0.5, 0.6) is 0 Å². The molecule has 3 nitrogen and oxygen atoms in total. The maximum absolute atomic E-state index is 5.50. The summed E-state index contributed by atoms with van der Waals surface area (Å²) in [5, 5.41) is 0. The van der Waals surface area contributed by atoms with Crippen molar-refractivity contribution in [3.8, 4) is 0 Å². The number of hydrogen-bond donors (Lipinski definition) is 1. The predicted molar refractivity (Wildman–Crippen MR) is 52.5 cm³/mol. The lowest BCUT2D eigenvalue weighted by Gasteiger charge is -2.15. The van der Waals surface area contributed by atoms with E-state index >= 15 is 0 Å². The van der Waals surface area contributed by atoms with E-state index in [0.717, 1.165) is 17.9 Å². The van der Waals surface area contributed by atoms with Crippen molar-refractivity contribution in [1.29, 1.82) is 0 Å². The molecule has 3 heteroatoms. The molecule has 2 N–H and O–H groups in total. The Morgan fingerprint density at radius 3 is 2.31 bits per heavy atom. The van der Waals surface area contributed by atoms with Crippen LogP contribution >= 0.6 is 0 Å². The van der Waals surface area contributed by atoms with Crippen LogP contribution in [0.25, 0.3) is 0 Å². The van der Waals surface area contributed by atoms with Crippen LogP contribution in [0.15, 0.2) is 4.42 Å². The van der Waals surface area contributed by atoms with E-state index in [4.69, 9.17) is 10.2 Å². The van der Waals surface area contributed by atoms with Gasteiger partial charge in [0.15, 0.2) is 0 Å². The fourth-order valence-corrected chi connectivity index (χ4v) is 1.31. The van der Waals surface area contributed by atoms with Gasteiger partial charge in [-0.15, -0.1) is 0 Å². The smallest absolute Gasteiger partial charge is 0.208 e. The molecule has 0 radical (unpaired) electrons. The average molecular weight is 182 g/mol. The van der Waals surface area contributed by atoms with Crippen LogP contribution in [0.2, 0.25) is 0 Å². The number of aryl methyl sites for hydroxylation is 1. The third-order valence-electron chi connectivity index (χ3n) is 1.95. The number of nitrogens with zero attached hydrogens (tertiary/aromatic N) is 1. The van der Waals surface area contributed by atoms with Gasteiger partial charge in [0.1, 0.15) is 5.76 Å². The van der Waals surface area contributed by atoms with E-state index in [-0.39, 0.29) is 5.41 Å². The molecular formula is C10H18N2O. The second kappa shape index (κ2) is 3.50. The van der Waals surface area contributed by atoms with Crippen LogP contribution < -0.4 is 5.73 Å². The Labute approximate surface area is 79.3 Å². The molecule has 0 saturated heterocycles.